The lowest BCUT2D eigenvalue weighted by atomic mass is 10.2. The van der Waals surface area contributed by atoms with Crippen LogP contribution in [0.3, 0.4) is 0 Å². The van der Waals surface area contributed by atoms with Gasteiger partial charge in [0.2, 0.25) is 0 Å². The van der Waals surface area contributed by atoms with Crippen molar-refractivity contribution in [3.63, 3.8) is 0 Å². The van der Waals surface area contributed by atoms with Gasteiger partial charge in [-0.05, 0) is 24.6 Å². The molecular weight excluding hydrogens is 178 g/mol. The van der Waals surface area contributed by atoms with Crippen molar-refractivity contribution in [1.82, 2.24) is 5.32 Å². The van der Waals surface area contributed by atoms with Gasteiger partial charge >= 0.3 is 0 Å². The van der Waals surface area contributed by atoms with Gasteiger partial charge in [-0.1, -0.05) is 12.1 Å². The quantitative estimate of drug-likeness (QED) is 0.748. The highest BCUT2D eigenvalue weighted by Gasteiger charge is 1.98. The lowest BCUT2D eigenvalue weighted by molar-refractivity contribution is 0.117. The summed E-state index contributed by atoms with van der Waals surface area (Å²) in [5.41, 5.74) is 1.08. The van der Waals surface area contributed by atoms with Crippen LogP contribution in [0.5, 0.6) is 5.75 Å². The molecule has 1 atom stereocenters. The van der Waals surface area contributed by atoms with Crippen molar-refractivity contribution in [3.05, 3.63) is 29.8 Å². The maximum atomic E-state index is 9.22. The summed E-state index contributed by atoms with van der Waals surface area (Å²) in [6, 6.07) is 7.24. The highest BCUT2D eigenvalue weighted by Crippen LogP contribution is 2.10. The highest BCUT2D eigenvalue weighted by atomic mass is 16.5. The van der Waals surface area contributed by atoms with Crippen LogP contribution in [0, 0.1) is 0 Å². The molecule has 3 nitrogen and oxygen atoms in total. The molecule has 0 aliphatic carbocycles. The first kappa shape index (κ1) is 11.0. The number of hydrogen-bond donors (Lipinski definition) is 2. The highest BCUT2D eigenvalue weighted by molar-refractivity contribution is 5.26. The summed E-state index contributed by atoms with van der Waals surface area (Å²) < 4.78 is 5.10. The molecule has 0 bridgehead atoms. The van der Waals surface area contributed by atoms with Gasteiger partial charge in [0.25, 0.3) is 0 Å². The molecule has 0 heterocycles. The first-order valence-electron chi connectivity index (χ1n) is 4.74. The molecule has 0 fully saturated rings. The van der Waals surface area contributed by atoms with Gasteiger partial charge in [0.1, 0.15) is 5.75 Å². The number of aromatic hydroxyl groups is 1. The zero-order chi connectivity index (χ0) is 10.4. The third-order valence-electron chi connectivity index (χ3n) is 2.07. The number of phenols is 1. The average Bonchev–Trinajstić information content (AvgIpc) is 2.17. The van der Waals surface area contributed by atoms with Crippen LogP contribution >= 0.6 is 0 Å². The topological polar surface area (TPSA) is 41.5 Å². The van der Waals surface area contributed by atoms with E-state index in [2.05, 4.69) is 5.32 Å². The fraction of sp³-hybridized carbons (Fsp3) is 0.455. The summed E-state index contributed by atoms with van der Waals surface area (Å²) in [4.78, 5) is 0. The van der Waals surface area contributed by atoms with Crippen LogP contribution in [0.1, 0.15) is 12.5 Å². The van der Waals surface area contributed by atoms with Crippen molar-refractivity contribution in [1.29, 1.82) is 0 Å². The number of methoxy groups -OCH3 is 1. The number of rotatable bonds is 5. The van der Waals surface area contributed by atoms with E-state index in [4.69, 9.17) is 4.74 Å². The van der Waals surface area contributed by atoms with E-state index in [1.807, 2.05) is 19.1 Å². The fourth-order valence-electron chi connectivity index (χ4n) is 1.17. The van der Waals surface area contributed by atoms with Crippen LogP contribution in [0.4, 0.5) is 0 Å². The number of nitrogens with one attached hydrogen (secondary N) is 1. The maximum Gasteiger partial charge on any atom is 0.115 e. The Hall–Kier alpha value is -1.06. The predicted molar refractivity (Wildman–Crippen MR) is 56.3 cm³/mol. The van der Waals surface area contributed by atoms with E-state index in [1.54, 1.807) is 19.2 Å². The Morgan fingerprint density at radius 2 is 2.29 bits per heavy atom. The molecule has 1 unspecified atom stereocenters. The normalized spacial score (nSPS) is 12.7. The monoisotopic (exact) mass is 195 g/mol. The Kier molecular flexibility index (Phi) is 4.43. The van der Waals surface area contributed by atoms with Gasteiger partial charge in [0.05, 0.1) is 6.10 Å². The van der Waals surface area contributed by atoms with Crippen LogP contribution < -0.4 is 5.32 Å². The first-order chi connectivity index (χ1) is 6.72. The Morgan fingerprint density at radius 1 is 1.50 bits per heavy atom. The molecule has 1 aromatic rings. The third kappa shape index (κ3) is 3.77. The van der Waals surface area contributed by atoms with Crippen LogP contribution in [0.15, 0.2) is 24.3 Å². The van der Waals surface area contributed by atoms with Crippen LogP contribution in [0.2, 0.25) is 0 Å². The van der Waals surface area contributed by atoms with E-state index in [0.717, 1.165) is 18.7 Å². The minimum absolute atomic E-state index is 0.215. The van der Waals surface area contributed by atoms with E-state index in [1.165, 1.54) is 0 Å². The zero-order valence-corrected chi connectivity index (χ0v) is 8.66. The molecule has 0 amide bonds. The van der Waals surface area contributed by atoms with Crippen molar-refractivity contribution in [2.75, 3.05) is 13.7 Å². The van der Waals surface area contributed by atoms with E-state index < -0.39 is 0 Å². The van der Waals surface area contributed by atoms with E-state index in [9.17, 15) is 5.11 Å². The Balaban J connectivity index is 2.31. The summed E-state index contributed by atoms with van der Waals surface area (Å²) in [6.45, 7) is 3.57. The van der Waals surface area contributed by atoms with Crippen molar-refractivity contribution in [3.8, 4) is 5.75 Å². The molecule has 3 heteroatoms. The van der Waals surface area contributed by atoms with Crippen molar-refractivity contribution in [2.24, 2.45) is 0 Å². The summed E-state index contributed by atoms with van der Waals surface area (Å²) >= 11 is 0. The van der Waals surface area contributed by atoms with Gasteiger partial charge in [-0.25, -0.2) is 0 Å². The maximum absolute atomic E-state index is 9.22. The number of phenolic OH excluding ortho intramolecular Hbond substituents is 1. The standard InChI is InChI=1S/C11H17NO2/c1-9(14-2)7-12-8-10-4-3-5-11(13)6-10/h3-6,9,12-13H,7-8H2,1-2H3. The van der Waals surface area contributed by atoms with Gasteiger partial charge < -0.3 is 15.2 Å². The van der Waals surface area contributed by atoms with E-state index >= 15 is 0 Å². The van der Waals surface area contributed by atoms with Crippen LogP contribution in [-0.2, 0) is 11.3 Å². The lowest BCUT2D eigenvalue weighted by Crippen LogP contribution is -2.25. The SMILES string of the molecule is COC(C)CNCc1cccc(O)c1. The van der Waals surface area contributed by atoms with Crippen LogP contribution in [-0.4, -0.2) is 24.9 Å². The molecular formula is C11H17NO2. The smallest absolute Gasteiger partial charge is 0.115 e. The molecule has 1 aromatic carbocycles. The van der Waals surface area contributed by atoms with Crippen LogP contribution in [0.25, 0.3) is 0 Å². The molecule has 0 spiro atoms. The molecule has 0 aliphatic heterocycles. The molecule has 14 heavy (non-hydrogen) atoms. The average molecular weight is 195 g/mol. The van der Waals surface area contributed by atoms with Gasteiger partial charge in [0, 0.05) is 20.2 Å². The second kappa shape index (κ2) is 5.62. The summed E-state index contributed by atoms with van der Waals surface area (Å²) in [5.74, 6) is 0.309. The fourth-order valence-corrected chi connectivity index (χ4v) is 1.17. The molecule has 0 saturated carbocycles. The van der Waals surface area contributed by atoms with Gasteiger partial charge in [-0.3, -0.25) is 0 Å². The number of benzene rings is 1. The minimum atomic E-state index is 0.215. The summed E-state index contributed by atoms with van der Waals surface area (Å²) in [7, 11) is 1.70. The van der Waals surface area contributed by atoms with Crippen molar-refractivity contribution in [2.45, 2.75) is 19.6 Å². The van der Waals surface area contributed by atoms with Gasteiger partial charge in [-0.15, -0.1) is 0 Å². The summed E-state index contributed by atoms with van der Waals surface area (Å²) in [6.07, 6.45) is 0.215. The second-order valence-corrected chi connectivity index (χ2v) is 3.35. The molecule has 0 aromatic heterocycles. The minimum Gasteiger partial charge on any atom is -0.508 e. The van der Waals surface area contributed by atoms with Crippen molar-refractivity contribution < 1.29 is 9.84 Å². The second-order valence-electron chi connectivity index (χ2n) is 3.35. The molecule has 0 saturated heterocycles. The molecule has 1 rings (SSSR count). The number of ether oxygens (including phenoxy) is 1. The van der Waals surface area contributed by atoms with Gasteiger partial charge in [-0.2, -0.15) is 0 Å². The summed E-state index contributed by atoms with van der Waals surface area (Å²) in [5, 5.41) is 12.5. The Labute approximate surface area is 84.7 Å². The molecule has 0 aliphatic rings. The molecule has 78 valence electrons. The first-order valence-corrected chi connectivity index (χ1v) is 4.74. The number of hydrogen-bond acceptors (Lipinski definition) is 3. The van der Waals surface area contributed by atoms with E-state index in [-0.39, 0.29) is 6.10 Å². The van der Waals surface area contributed by atoms with Gasteiger partial charge in [0.15, 0.2) is 0 Å². The molecule has 2 N–H and O–H groups in total. The van der Waals surface area contributed by atoms with Crippen molar-refractivity contribution >= 4 is 0 Å². The predicted octanol–water partition coefficient (Wildman–Crippen LogP) is 1.52. The lowest BCUT2D eigenvalue weighted by Gasteiger charge is -2.10. The Bertz CT molecular complexity index is 276. The largest absolute Gasteiger partial charge is 0.508 e. The molecule has 0 radical (unpaired) electrons. The van der Waals surface area contributed by atoms with E-state index in [0.29, 0.717) is 5.75 Å². The Morgan fingerprint density at radius 3 is 2.93 bits per heavy atom. The zero-order valence-electron chi connectivity index (χ0n) is 8.66. The third-order valence-corrected chi connectivity index (χ3v) is 2.07.